The highest BCUT2D eigenvalue weighted by molar-refractivity contribution is 7.92. The van der Waals surface area contributed by atoms with Gasteiger partial charge in [0.15, 0.2) is 11.1 Å². The summed E-state index contributed by atoms with van der Waals surface area (Å²) >= 11 is 0. The van der Waals surface area contributed by atoms with E-state index in [2.05, 4.69) is 14.9 Å². The number of nitrogens with two attached hydrogens (primary N) is 1. The molecule has 1 aromatic heterocycles. The van der Waals surface area contributed by atoms with Gasteiger partial charge < -0.3 is 10.5 Å². The van der Waals surface area contributed by atoms with Crippen LogP contribution >= 0.6 is 0 Å². The zero-order valence-electron chi connectivity index (χ0n) is 16.9. The third-order valence-electron chi connectivity index (χ3n) is 5.01. The van der Waals surface area contributed by atoms with Crippen LogP contribution in [0.1, 0.15) is 50.2 Å². The van der Waals surface area contributed by atoms with Crippen LogP contribution in [0.15, 0.2) is 29.4 Å². The number of carbonyl (C=O) groups excluding carboxylic acids is 1. The van der Waals surface area contributed by atoms with E-state index >= 15 is 0 Å². The number of nitrogens with zero attached hydrogens (tertiary/aromatic N) is 3. The Bertz CT molecular complexity index is 922. The predicted molar refractivity (Wildman–Crippen MR) is 105 cm³/mol. The van der Waals surface area contributed by atoms with Crippen LogP contribution in [0.5, 0.6) is 0 Å². The molecule has 0 saturated heterocycles. The highest BCUT2D eigenvalue weighted by Crippen LogP contribution is 2.25. The van der Waals surface area contributed by atoms with E-state index in [0.29, 0.717) is 5.82 Å². The quantitative estimate of drug-likeness (QED) is 0.664. The number of carbonyl (C=O) groups is 1. The lowest BCUT2D eigenvalue weighted by atomic mass is 9.99. The van der Waals surface area contributed by atoms with E-state index in [9.17, 15) is 13.2 Å². The van der Waals surface area contributed by atoms with Crippen LogP contribution in [0, 0.1) is 12.8 Å². The Morgan fingerprint density at radius 1 is 1.21 bits per heavy atom. The number of esters is 1. The fraction of sp³-hybridized carbons (Fsp3) is 0.526. The molecule has 2 aromatic rings. The third-order valence-corrected chi connectivity index (χ3v) is 6.95. The summed E-state index contributed by atoms with van der Waals surface area (Å²) in [5.41, 5.74) is 8.31. The Balaban J connectivity index is 2.58. The number of ether oxygens (including phenoxy) is 1. The minimum Gasteiger partial charge on any atom is -0.468 e. The molecule has 1 unspecified atom stereocenters. The minimum absolute atomic E-state index is 0.0783. The van der Waals surface area contributed by atoms with Crippen LogP contribution < -0.4 is 5.73 Å². The van der Waals surface area contributed by atoms with Crippen LogP contribution in [-0.2, 0) is 25.9 Å². The Kier molecular flexibility index (Phi) is 6.95. The molecule has 2 rings (SSSR count). The molecular formula is C19H28N4O4S. The van der Waals surface area contributed by atoms with E-state index in [4.69, 9.17) is 5.73 Å². The van der Waals surface area contributed by atoms with Crippen molar-refractivity contribution in [2.75, 3.05) is 7.11 Å². The summed E-state index contributed by atoms with van der Waals surface area (Å²) in [7, 11) is -2.95. The maximum atomic E-state index is 13.0. The van der Waals surface area contributed by atoms with Crippen LogP contribution in [0.25, 0.3) is 0 Å². The van der Waals surface area contributed by atoms with Crippen molar-refractivity contribution in [3.63, 3.8) is 0 Å². The van der Waals surface area contributed by atoms with Gasteiger partial charge in [-0.2, -0.15) is 0 Å². The second kappa shape index (κ2) is 8.83. The van der Waals surface area contributed by atoms with E-state index in [0.717, 1.165) is 24.7 Å². The molecule has 28 heavy (non-hydrogen) atoms. The van der Waals surface area contributed by atoms with Crippen molar-refractivity contribution < 1.29 is 17.9 Å². The van der Waals surface area contributed by atoms with Gasteiger partial charge in [0.05, 0.1) is 19.7 Å². The van der Waals surface area contributed by atoms with Gasteiger partial charge in [-0.15, -0.1) is 10.2 Å². The maximum Gasteiger partial charge on any atom is 0.324 e. The molecule has 0 radical (unpaired) electrons. The summed E-state index contributed by atoms with van der Waals surface area (Å²) in [6.45, 7) is 7.46. The number of aromatic nitrogens is 3. The van der Waals surface area contributed by atoms with E-state index < -0.39 is 27.1 Å². The Morgan fingerprint density at radius 3 is 2.36 bits per heavy atom. The van der Waals surface area contributed by atoms with Crippen LogP contribution in [0.2, 0.25) is 0 Å². The molecule has 0 spiro atoms. The third kappa shape index (κ3) is 4.41. The number of hydrogen-bond donors (Lipinski definition) is 1. The fourth-order valence-electron chi connectivity index (χ4n) is 2.74. The molecule has 9 heteroatoms. The van der Waals surface area contributed by atoms with Crippen molar-refractivity contribution in [2.24, 2.45) is 11.7 Å². The first kappa shape index (κ1) is 22.0. The Labute approximate surface area is 166 Å². The Morgan fingerprint density at radius 2 is 1.82 bits per heavy atom. The number of rotatable bonds is 8. The summed E-state index contributed by atoms with van der Waals surface area (Å²) in [4.78, 5) is 11.9. The summed E-state index contributed by atoms with van der Waals surface area (Å²) in [5.74, 6) is -0.391. The highest BCUT2D eigenvalue weighted by Gasteiger charge is 2.37. The maximum absolute atomic E-state index is 13.0. The molecule has 0 aliphatic heterocycles. The van der Waals surface area contributed by atoms with Crippen molar-refractivity contribution in [3.05, 3.63) is 41.2 Å². The van der Waals surface area contributed by atoms with Gasteiger partial charge >= 0.3 is 5.97 Å². The molecule has 1 aromatic carbocycles. The first-order chi connectivity index (χ1) is 13.1. The molecular weight excluding hydrogens is 380 g/mol. The summed E-state index contributed by atoms with van der Waals surface area (Å²) in [6, 6.07) is 7.22. The summed E-state index contributed by atoms with van der Waals surface area (Å²) in [6.07, 6.45) is 0.805. The van der Waals surface area contributed by atoms with Crippen molar-refractivity contribution in [1.82, 2.24) is 14.8 Å². The largest absolute Gasteiger partial charge is 0.468 e. The predicted octanol–water partition coefficient (Wildman–Crippen LogP) is 2.02. The van der Waals surface area contributed by atoms with Crippen molar-refractivity contribution in [3.8, 4) is 0 Å². The van der Waals surface area contributed by atoms with Crippen LogP contribution in [0.4, 0.5) is 0 Å². The number of benzene rings is 1. The molecule has 0 fully saturated rings. The molecule has 0 amide bonds. The zero-order chi connectivity index (χ0) is 21.1. The SMILES string of the molecule is CC[C@H](C)[C@@H](N)c1nnc(S(=O)(=O)C(C)C(=O)OC)n1Cc1ccc(C)cc1. The molecule has 0 bridgehead atoms. The lowest BCUT2D eigenvalue weighted by molar-refractivity contribution is -0.139. The first-order valence-corrected chi connectivity index (χ1v) is 10.7. The van der Waals surface area contributed by atoms with E-state index in [-0.39, 0.29) is 17.6 Å². The number of methoxy groups -OCH3 is 1. The van der Waals surface area contributed by atoms with Crippen molar-refractivity contribution >= 4 is 15.8 Å². The molecule has 0 saturated carbocycles. The topological polar surface area (TPSA) is 117 Å². The van der Waals surface area contributed by atoms with Gasteiger partial charge in [0, 0.05) is 0 Å². The number of hydrogen-bond acceptors (Lipinski definition) is 7. The molecule has 1 heterocycles. The van der Waals surface area contributed by atoms with Gasteiger partial charge in [-0.05, 0) is 25.3 Å². The summed E-state index contributed by atoms with van der Waals surface area (Å²) < 4.78 is 32.1. The fourth-order valence-corrected chi connectivity index (χ4v) is 4.03. The molecule has 0 aliphatic carbocycles. The standard InChI is InChI=1S/C19H28N4O4S/c1-6-13(3)16(20)17-21-22-19(28(25,26)14(4)18(24)27-5)23(17)11-15-9-7-12(2)8-10-15/h7-10,13-14,16H,6,11,20H2,1-5H3/t13-,14?,16+/m0/s1. The lowest BCUT2D eigenvalue weighted by Gasteiger charge is -2.20. The second-order valence-corrected chi connectivity index (χ2v) is 9.20. The average molecular weight is 409 g/mol. The minimum atomic E-state index is -4.10. The normalized spacial score (nSPS) is 15.1. The first-order valence-electron chi connectivity index (χ1n) is 9.19. The highest BCUT2D eigenvalue weighted by atomic mass is 32.2. The lowest BCUT2D eigenvalue weighted by Crippen LogP contribution is -2.31. The van der Waals surface area contributed by atoms with Gasteiger partial charge in [-0.1, -0.05) is 50.1 Å². The second-order valence-electron chi connectivity index (χ2n) is 7.03. The zero-order valence-corrected chi connectivity index (χ0v) is 17.7. The van der Waals surface area contributed by atoms with E-state index in [1.807, 2.05) is 45.0 Å². The van der Waals surface area contributed by atoms with Gasteiger partial charge in [0.2, 0.25) is 9.84 Å². The van der Waals surface area contributed by atoms with Gasteiger partial charge in [0.25, 0.3) is 5.16 Å². The molecule has 0 aliphatic rings. The van der Waals surface area contributed by atoms with Crippen molar-refractivity contribution in [2.45, 2.75) is 57.1 Å². The number of sulfone groups is 1. The van der Waals surface area contributed by atoms with Gasteiger partial charge in [-0.3, -0.25) is 9.36 Å². The molecule has 154 valence electrons. The number of aryl methyl sites for hydroxylation is 1. The Hall–Kier alpha value is -2.26. The van der Waals surface area contributed by atoms with Gasteiger partial charge in [-0.25, -0.2) is 8.42 Å². The average Bonchev–Trinajstić information content (AvgIpc) is 3.11. The monoisotopic (exact) mass is 408 g/mol. The van der Waals surface area contributed by atoms with Crippen LogP contribution in [0.3, 0.4) is 0 Å². The van der Waals surface area contributed by atoms with E-state index in [1.165, 1.54) is 11.5 Å². The van der Waals surface area contributed by atoms with Crippen molar-refractivity contribution in [1.29, 1.82) is 0 Å². The van der Waals surface area contributed by atoms with Crippen LogP contribution in [-0.4, -0.2) is 41.5 Å². The van der Waals surface area contributed by atoms with E-state index in [1.54, 1.807) is 0 Å². The molecule has 8 nitrogen and oxygen atoms in total. The smallest absolute Gasteiger partial charge is 0.324 e. The summed E-state index contributed by atoms with van der Waals surface area (Å²) in [5, 5.41) is 6.33. The van der Waals surface area contributed by atoms with Gasteiger partial charge in [0.1, 0.15) is 0 Å². The molecule has 3 atom stereocenters. The molecule has 2 N–H and O–H groups in total.